The number of rotatable bonds is 7. The van der Waals surface area contributed by atoms with E-state index in [0.29, 0.717) is 5.56 Å². The molecule has 9 heteroatoms. The van der Waals surface area contributed by atoms with Gasteiger partial charge in [-0.25, -0.2) is 8.42 Å². The van der Waals surface area contributed by atoms with E-state index >= 15 is 0 Å². The molecule has 1 rings (SSSR count). The van der Waals surface area contributed by atoms with Gasteiger partial charge in [0.05, 0.1) is 30.2 Å². The lowest BCUT2D eigenvalue weighted by molar-refractivity contribution is 0.0913. The molecule has 0 aliphatic heterocycles. The summed E-state index contributed by atoms with van der Waals surface area (Å²) >= 11 is 4.77. The molecule has 0 fully saturated rings. The summed E-state index contributed by atoms with van der Waals surface area (Å²) in [4.78, 5) is 0.0693. The van der Waals surface area contributed by atoms with Crippen LogP contribution >= 0.6 is 12.2 Å². The van der Waals surface area contributed by atoms with Crippen molar-refractivity contribution < 1.29 is 13.2 Å². The summed E-state index contributed by atoms with van der Waals surface area (Å²) in [5.41, 5.74) is 5.79. The number of anilines is 1. The molecule has 0 atom stereocenters. The second-order valence-corrected chi connectivity index (χ2v) is 6.15. The molecule has 0 radical (unpaired) electrons. The molecule has 0 aliphatic carbocycles. The Morgan fingerprint density at radius 1 is 1.67 bits per heavy atom. The van der Waals surface area contributed by atoms with E-state index in [2.05, 4.69) is 14.9 Å². The first-order valence-corrected chi connectivity index (χ1v) is 7.33. The van der Waals surface area contributed by atoms with Gasteiger partial charge in [0.1, 0.15) is 10.8 Å². The van der Waals surface area contributed by atoms with E-state index in [1.807, 2.05) is 13.8 Å². The van der Waals surface area contributed by atoms with Crippen LogP contribution in [-0.2, 0) is 14.8 Å². The number of aromatic nitrogens is 2. The lowest BCUT2D eigenvalue weighted by atomic mass is 10.3. The third kappa shape index (κ3) is 4.59. The standard InChI is InChI=1S/C9H16N4O3S2/c1-6(2)16-3-4-18(14,15)13-9-7(8(10)17)5-11-12-9/h5-6H,3-4H2,1-2H3,(H2,10,17)(H2,11,12,13). The molecule has 102 valence electrons. The predicted molar refractivity (Wildman–Crippen MR) is 73.0 cm³/mol. The van der Waals surface area contributed by atoms with Crippen LogP contribution in [0.25, 0.3) is 0 Å². The molecule has 0 spiro atoms. The highest BCUT2D eigenvalue weighted by atomic mass is 32.2. The van der Waals surface area contributed by atoms with Gasteiger partial charge in [0.2, 0.25) is 10.0 Å². The minimum absolute atomic E-state index is 0.0143. The van der Waals surface area contributed by atoms with Gasteiger partial charge >= 0.3 is 0 Å². The normalized spacial score (nSPS) is 11.7. The number of nitrogens with two attached hydrogens (primary N) is 1. The quantitative estimate of drug-likeness (QED) is 0.620. The first-order valence-electron chi connectivity index (χ1n) is 5.27. The number of hydrogen-bond donors (Lipinski definition) is 3. The van der Waals surface area contributed by atoms with E-state index in [1.165, 1.54) is 6.20 Å². The van der Waals surface area contributed by atoms with Gasteiger partial charge in [-0.3, -0.25) is 9.82 Å². The number of nitrogens with one attached hydrogen (secondary N) is 2. The summed E-state index contributed by atoms with van der Waals surface area (Å²) in [5.74, 6) is 0.0214. The van der Waals surface area contributed by atoms with Crippen molar-refractivity contribution in [3.05, 3.63) is 11.8 Å². The summed E-state index contributed by atoms with van der Waals surface area (Å²) < 4.78 is 31.0. The van der Waals surface area contributed by atoms with E-state index < -0.39 is 10.0 Å². The minimum atomic E-state index is -3.52. The van der Waals surface area contributed by atoms with Crippen molar-refractivity contribution >= 4 is 33.0 Å². The Morgan fingerprint density at radius 2 is 2.33 bits per heavy atom. The molecule has 0 amide bonds. The van der Waals surface area contributed by atoms with Crippen molar-refractivity contribution in [3.63, 3.8) is 0 Å². The molecule has 7 nitrogen and oxygen atoms in total. The molecule has 0 unspecified atom stereocenters. The van der Waals surface area contributed by atoms with Crippen LogP contribution in [0.5, 0.6) is 0 Å². The van der Waals surface area contributed by atoms with Gasteiger partial charge in [0.15, 0.2) is 0 Å². The van der Waals surface area contributed by atoms with E-state index in [4.69, 9.17) is 22.7 Å². The lowest BCUT2D eigenvalue weighted by Crippen LogP contribution is -2.23. The summed E-state index contributed by atoms with van der Waals surface area (Å²) in [6.07, 6.45) is 1.35. The highest BCUT2D eigenvalue weighted by molar-refractivity contribution is 7.92. The van der Waals surface area contributed by atoms with Crippen LogP contribution in [0, 0.1) is 0 Å². The highest BCUT2D eigenvalue weighted by Crippen LogP contribution is 2.12. The summed E-state index contributed by atoms with van der Waals surface area (Å²) in [6.45, 7) is 3.78. The fourth-order valence-corrected chi connectivity index (χ4v) is 2.19. The average Bonchev–Trinajstić information content (AvgIpc) is 2.63. The van der Waals surface area contributed by atoms with Crippen LogP contribution in [0.3, 0.4) is 0 Å². The average molecular weight is 292 g/mol. The second kappa shape index (κ2) is 6.12. The van der Waals surface area contributed by atoms with Crippen LogP contribution in [-0.4, -0.2) is 42.1 Å². The van der Waals surface area contributed by atoms with Gasteiger partial charge in [-0.05, 0) is 13.8 Å². The highest BCUT2D eigenvalue weighted by Gasteiger charge is 2.15. The number of sulfonamides is 1. The number of hydrogen-bond acceptors (Lipinski definition) is 5. The Balaban J connectivity index is 2.65. The largest absolute Gasteiger partial charge is 0.389 e. The topological polar surface area (TPSA) is 110 Å². The van der Waals surface area contributed by atoms with Crippen molar-refractivity contribution in [1.82, 2.24) is 10.2 Å². The van der Waals surface area contributed by atoms with Crippen molar-refractivity contribution in [2.75, 3.05) is 17.1 Å². The molecule has 4 N–H and O–H groups in total. The lowest BCUT2D eigenvalue weighted by Gasteiger charge is -2.09. The van der Waals surface area contributed by atoms with Crippen molar-refractivity contribution in [2.24, 2.45) is 5.73 Å². The van der Waals surface area contributed by atoms with Crippen LogP contribution in [0.2, 0.25) is 0 Å². The number of nitrogens with zero attached hydrogens (tertiary/aromatic N) is 1. The second-order valence-electron chi connectivity index (χ2n) is 3.86. The molecule has 0 bridgehead atoms. The zero-order valence-electron chi connectivity index (χ0n) is 10.1. The maximum Gasteiger partial charge on any atom is 0.236 e. The maximum absolute atomic E-state index is 11.7. The van der Waals surface area contributed by atoms with E-state index in [9.17, 15) is 8.42 Å². The van der Waals surface area contributed by atoms with Crippen LogP contribution < -0.4 is 10.5 Å². The molecule has 18 heavy (non-hydrogen) atoms. The molecule has 0 saturated carbocycles. The van der Waals surface area contributed by atoms with Gasteiger partial charge in [0, 0.05) is 0 Å². The molecule has 0 aromatic carbocycles. The Labute approximate surface area is 111 Å². The SMILES string of the molecule is CC(C)OCCS(=O)(=O)Nc1[nH]ncc1C(N)=S. The zero-order valence-corrected chi connectivity index (χ0v) is 11.8. The monoisotopic (exact) mass is 292 g/mol. The van der Waals surface area contributed by atoms with Gasteiger partial charge in [-0.15, -0.1) is 0 Å². The van der Waals surface area contributed by atoms with Crippen molar-refractivity contribution in [3.8, 4) is 0 Å². The molecular formula is C9H16N4O3S2. The third-order valence-corrected chi connectivity index (χ3v) is 3.40. The Kier molecular flexibility index (Phi) is 5.05. The maximum atomic E-state index is 11.7. The number of thiocarbonyl (C=S) groups is 1. The number of aromatic amines is 1. The van der Waals surface area contributed by atoms with Crippen molar-refractivity contribution in [2.45, 2.75) is 20.0 Å². The fourth-order valence-electron chi connectivity index (χ4n) is 1.15. The first-order chi connectivity index (χ1) is 8.32. The van der Waals surface area contributed by atoms with Gasteiger partial charge in [-0.1, -0.05) is 12.2 Å². The van der Waals surface area contributed by atoms with Crippen LogP contribution in [0.15, 0.2) is 6.20 Å². The van der Waals surface area contributed by atoms with Crippen LogP contribution in [0.1, 0.15) is 19.4 Å². The Morgan fingerprint density at radius 3 is 2.89 bits per heavy atom. The van der Waals surface area contributed by atoms with E-state index in [1.54, 1.807) is 0 Å². The Bertz CT molecular complexity index is 510. The van der Waals surface area contributed by atoms with Crippen molar-refractivity contribution in [1.29, 1.82) is 0 Å². The first kappa shape index (κ1) is 14.9. The summed E-state index contributed by atoms with van der Waals surface area (Å²) in [6, 6.07) is 0. The number of H-pyrrole nitrogens is 1. The van der Waals surface area contributed by atoms with E-state index in [-0.39, 0.29) is 29.3 Å². The molecular weight excluding hydrogens is 276 g/mol. The fraction of sp³-hybridized carbons (Fsp3) is 0.556. The number of ether oxygens (including phenoxy) is 1. The Hall–Kier alpha value is -1.19. The molecule has 1 aromatic rings. The smallest absolute Gasteiger partial charge is 0.236 e. The molecule has 0 saturated heterocycles. The van der Waals surface area contributed by atoms with Gasteiger partial charge < -0.3 is 10.5 Å². The van der Waals surface area contributed by atoms with Crippen LogP contribution in [0.4, 0.5) is 5.82 Å². The molecule has 1 aromatic heterocycles. The molecule has 1 heterocycles. The zero-order chi connectivity index (χ0) is 13.8. The van der Waals surface area contributed by atoms with Gasteiger partial charge in [0.25, 0.3) is 0 Å². The predicted octanol–water partition coefficient (Wildman–Crippen LogP) is 0.211. The van der Waals surface area contributed by atoms with E-state index in [0.717, 1.165) is 0 Å². The summed E-state index contributed by atoms with van der Waals surface area (Å²) in [7, 11) is -3.52. The summed E-state index contributed by atoms with van der Waals surface area (Å²) in [5, 5.41) is 6.18. The third-order valence-electron chi connectivity index (χ3n) is 1.97. The molecule has 0 aliphatic rings. The van der Waals surface area contributed by atoms with Gasteiger partial charge in [-0.2, -0.15) is 5.10 Å². The minimum Gasteiger partial charge on any atom is -0.389 e.